The van der Waals surface area contributed by atoms with Crippen molar-refractivity contribution in [1.29, 1.82) is 0 Å². The number of carbonyl (C=O) groups excluding carboxylic acids is 1. The Morgan fingerprint density at radius 2 is 1.97 bits per heavy atom. The van der Waals surface area contributed by atoms with Crippen molar-refractivity contribution in [2.75, 3.05) is 62.9 Å². The fourth-order valence-corrected chi connectivity index (χ4v) is 6.55. The maximum Gasteiger partial charge on any atom is 0.417 e. The standard InChI is InChI=1S/C26H27F3N5O2S/c1-36-22-6-2-5-20-21(26(27,28)29)15-23(30-24(20)22)31-7-9-33(10-8-31)34-12-3-4-19(34)14-18(16-34)25(35)32-11-13-37-17-32/h2-6,12,14-15H,7-11,13,16-17H2,1H3/q+1/t34-/m1/s1. The summed E-state index contributed by atoms with van der Waals surface area (Å²) in [5.74, 6) is 2.40. The Balaban J connectivity index is 1.23. The van der Waals surface area contributed by atoms with Gasteiger partial charge in [0, 0.05) is 42.9 Å². The number of piperazine rings is 1. The van der Waals surface area contributed by atoms with Crippen LogP contribution in [0.15, 0.2) is 60.0 Å². The predicted molar refractivity (Wildman–Crippen MR) is 137 cm³/mol. The molecule has 1 aromatic heterocycles. The maximum atomic E-state index is 14.0. The van der Waals surface area contributed by atoms with Crippen molar-refractivity contribution in [2.24, 2.45) is 0 Å². The predicted octanol–water partition coefficient (Wildman–Crippen LogP) is 4.00. The number of pyridine rings is 1. The molecule has 194 valence electrons. The first-order valence-corrected chi connectivity index (χ1v) is 13.4. The molecular formula is C26H27F3N5O2S+. The van der Waals surface area contributed by atoms with Crippen LogP contribution in [0.25, 0.3) is 10.9 Å². The topological polar surface area (TPSA) is 48.9 Å². The molecule has 0 unspecified atom stereocenters. The lowest BCUT2D eigenvalue weighted by Crippen LogP contribution is -2.60. The first kappa shape index (κ1) is 24.3. The lowest BCUT2D eigenvalue weighted by Gasteiger charge is -2.44. The van der Waals surface area contributed by atoms with Crippen molar-refractivity contribution in [2.45, 2.75) is 6.18 Å². The first-order valence-electron chi connectivity index (χ1n) is 12.2. The van der Waals surface area contributed by atoms with Crippen molar-refractivity contribution in [3.05, 3.63) is 65.5 Å². The number of alkyl halides is 3. The number of para-hydroxylation sites is 1. The highest BCUT2D eigenvalue weighted by atomic mass is 32.2. The molecule has 0 saturated carbocycles. The average Bonchev–Trinajstić information content (AvgIpc) is 3.64. The molecule has 2 saturated heterocycles. The van der Waals surface area contributed by atoms with E-state index in [0.29, 0.717) is 48.9 Å². The highest BCUT2D eigenvalue weighted by molar-refractivity contribution is 7.99. The smallest absolute Gasteiger partial charge is 0.417 e. The maximum absolute atomic E-state index is 14.0. The second kappa shape index (κ2) is 9.07. The Labute approximate surface area is 217 Å². The van der Waals surface area contributed by atoms with Crippen LogP contribution >= 0.6 is 11.8 Å². The summed E-state index contributed by atoms with van der Waals surface area (Å²) in [5.41, 5.74) is 1.35. The number of carbonyl (C=O) groups is 1. The molecule has 1 aromatic carbocycles. The van der Waals surface area contributed by atoms with Crippen LogP contribution in [0, 0.1) is 0 Å². The molecule has 4 aliphatic rings. The van der Waals surface area contributed by atoms with Crippen molar-refractivity contribution in [3.63, 3.8) is 0 Å². The molecule has 4 aliphatic heterocycles. The van der Waals surface area contributed by atoms with Gasteiger partial charge in [-0.15, -0.1) is 16.8 Å². The molecule has 0 radical (unpaired) electrons. The number of ether oxygens (including phenoxy) is 1. The normalized spacial score (nSPS) is 24.0. The number of amides is 1. The van der Waals surface area contributed by atoms with Crippen LogP contribution in [0.4, 0.5) is 19.0 Å². The average molecular weight is 531 g/mol. The van der Waals surface area contributed by atoms with E-state index in [1.807, 2.05) is 28.0 Å². The minimum Gasteiger partial charge on any atom is -0.494 e. The molecular weight excluding hydrogens is 503 g/mol. The monoisotopic (exact) mass is 530 g/mol. The molecule has 5 heterocycles. The van der Waals surface area contributed by atoms with E-state index in [0.717, 1.165) is 35.5 Å². The molecule has 6 rings (SSSR count). The fourth-order valence-electron chi connectivity index (χ4n) is 5.60. The second-order valence-electron chi connectivity index (χ2n) is 9.52. The number of benzene rings is 1. The molecule has 37 heavy (non-hydrogen) atoms. The van der Waals surface area contributed by atoms with Crippen LogP contribution in [0.3, 0.4) is 0 Å². The second-order valence-corrected chi connectivity index (χ2v) is 10.6. The van der Waals surface area contributed by atoms with Gasteiger partial charge in [0.15, 0.2) is 5.70 Å². The van der Waals surface area contributed by atoms with Crippen LogP contribution in [-0.2, 0) is 11.0 Å². The number of allylic oxidation sites excluding steroid dienone is 3. The van der Waals surface area contributed by atoms with Crippen LogP contribution in [0.5, 0.6) is 5.75 Å². The third kappa shape index (κ3) is 4.09. The Morgan fingerprint density at radius 3 is 2.68 bits per heavy atom. The van der Waals surface area contributed by atoms with Crippen LogP contribution in [0.1, 0.15) is 5.56 Å². The van der Waals surface area contributed by atoms with Gasteiger partial charge in [0.1, 0.15) is 29.8 Å². The molecule has 0 spiro atoms. The Morgan fingerprint density at radius 1 is 1.16 bits per heavy atom. The summed E-state index contributed by atoms with van der Waals surface area (Å²) in [5, 5.41) is 2.31. The zero-order valence-corrected chi connectivity index (χ0v) is 21.2. The van der Waals surface area contributed by atoms with Crippen molar-refractivity contribution < 1.29 is 27.3 Å². The van der Waals surface area contributed by atoms with Crippen molar-refractivity contribution >= 4 is 34.4 Å². The van der Waals surface area contributed by atoms with Gasteiger partial charge in [0.05, 0.1) is 37.2 Å². The summed E-state index contributed by atoms with van der Waals surface area (Å²) in [6.07, 6.45) is 3.64. The number of halogens is 3. The first-order chi connectivity index (χ1) is 17.8. The van der Waals surface area contributed by atoms with Crippen molar-refractivity contribution in [1.82, 2.24) is 14.9 Å². The van der Waals surface area contributed by atoms with Gasteiger partial charge in [-0.25, -0.2) is 4.98 Å². The van der Waals surface area contributed by atoms with Gasteiger partial charge in [0.2, 0.25) is 0 Å². The van der Waals surface area contributed by atoms with E-state index in [1.54, 1.807) is 23.9 Å². The van der Waals surface area contributed by atoms with Crippen LogP contribution < -0.4 is 9.64 Å². The highest BCUT2D eigenvalue weighted by Crippen LogP contribution is 2.41. The largest absolute Gasteiger partial charge is 0.494 e. The minimum absolute atomic E-state index is 0.0290. The molecule has 0 N–H and O–H groups in total. The summed E-state index contributed by atoms with van der Waals surface area (Å²) in [6.45, 7) is 3.59. The molecule has 11 heteroatoms. The Kier molecular flexibility index (Phi) is 5.96. The highest BCUT2D eigenvalue weighted by Gasteiger charge is 2.48. The molecule has 2 fully saturated rings. The van der Waals surface area contributed by atoms with E-state index in [-0.39, 0.29) is 16.8 Å². The van der Waals surface area contributed by atoms with Gasteiger partial charge < -0.3 is 14.5 Å². The molecule has 2 aromatic rings. The van der Waals surface area contributed by atoms with Crippen molar-refractivity contribution in [3.8, 4) is 5.75 Å². The molecule has 0 bridgehead atoms. The van der Waals surface area contributed by atoms with E-state index in [9.17, 15) is 18.0 Å². The van der Waals surface area contributed by atoms with E-state index >= 15 is 0 Å². The molecule has 1 amide bonds. The quantitative estimate of drug-likeness (QED) is 0.557. The van der Waals surface area contributed by atoms with Gasteiger partial charge in [-0.3, -0.25) is 4.79 Å². The van der Waals surface area contributed by atoms with E-state index in [1.165, 1.54) is 13.2 Å². The summed E-state index contributed by atoms with van der Waals surface area (Å²) in [6, 6.07) is 5.75. The number of anilines is 1. The van der Waals surface area contributed by atoms with E-state index in [4.69, 9.17) is 4.74 Å². The third-order valence-electron chi connectivity index (χ3n) is 7.49. The molecule has 7 nitrogen and oxygen atoms in total. The summed E-state index contributed by atoms with van der Waals surface area (Å²) in [7, 11) is 1.43. The third-order valence-corrected chi connectivity index (χ3v) is 8.46. The number of quaternary nitrogens is 1. The van der Waals surface area contributed by atoms with Gasteiger partial charge in [0.25, 0.3) is 5.91 Å². The fraction of sp³-hybridized carbons (Fsp3) is 0.385. The summed E-state index contributed by atoms with van der Waals surface area (Å²) < 4.78 is 47.7. The number of nitrogens with zero attached hydrogens (tertiary/aromatic N) is 5. The number of thioether (sulfide) groups is 1. The Hall–Kier alpha value is -3.02. The van der Waals surface area contributed by atoms with Crippen LogP contribution in [-0.4, -0.2) is 83.4 Å². The zero-order valence-electron chi connectivity index (χ0n) is 20.4. The van der Waals surface area contributed by atoms with Crippen LogP contribution in [0.2, 0.25) is 0 Å². The zero-order chi connectivity index (χ0) is 25.8. The number of rotatable bonds is 4. The Bertz CT molecular complexity index is 1340. The minimum atomic E-state index is -4.51. The number of hydrogen-bond acceptors (Lipinski definition) is 6. The van der Waals surface area contributed by atoms with Gasteiger partial charge in [-0.1, -0.05) is 12.1 Å². The number of aromatic nitrogens is 1. The summed E-state index contributed by atoms with van der Waals surface area (Å²) >= 11 is 1.77. The van der Waals surface area contributed by atoms with E-state index in [2.05, 4.69) is 16.2 Å². The lowest BCUT2D eigenvalue weighted by atomic mass is 10.1. The number of methoxy groups -OCH3 is 1. The molecule has 1 atom stereocenters. The van der Waals surface area contributed by atoms with Gasteiger partial charge in [-0.2, -0.15) is 17.8 Å². The SMILES string of the molecule is COc1cccc2c(C(F)(F)F)cc(N3CCN([N@@+]45C=CC=C4C=C(C(=O)N4CCSC4)C5)CC3)nc12. The van der Waals surface area contributed by atoms with Gasteiger partial charge >= 0.3 is 6.18 Å². The summed E-state index contributed by atoms with van der Waals surface area (Å²) in [4.78, 5) is 21.5. The molecule has 0 aliphatic carbocycles. The number of fused-ring (bicyclic) bond motifs is 2. The van der Waals surface area contributed by atoms with E-state index < -0.39 is 11.7 Å². The van der Waals surface area contributed by atoms with Gasteiger partial charge in [-0.05, 0) is 18.2 Å². The lowest BCUT2D eigenvalue weighted by molar-refractivity contribution is -0.948. The number of hydrogen-bond donors (Lipinski definition) is 0.